The van der Waals surface area contributed by atoms with Crippen molar-refractivity contribution in [2.45, 2.75) is 6.92 Å². The minimum absolute atomic E-state index is 0.791. The third kappa shape index (κ3) is 3.62. The first-order valence-electron chi connectivity index (χ1n) is 8.56. The van der Waals surface area contributed by atoms with Crippen molar-refractivity contribution in [1.82, 2.24) is 0 Å². The van der Waals surface area contributed by atoms with Crippen molar-refractivity contribution in [2.24, 2.45) is 0 Å². The molecule has 3 rings (SSSR count). The first kappa shape index (κ1) is 17.3. The van der Waals surface area contributed by atoms with E-state index in [1.54, 1.807) is 0 Å². The van der Waals surface area contributed by atoms with E-state index in [1.807, 2.05) is 6.92 Å². The Hall–Kier alpha value is -2.50. The fourth-order valence-corrected chi connectivity index (χ4v) is 8.00. The second kappa shape index (κ2) is 8.05. The van der Waals surface area contributed by atoms with Crippen LogP contribution in [0.5, 0.6) is 0 Å². The Balaban J connectivity index is 2.29. The van der Waals surface area contributed by atoms with Crippen LogP contribution < -0.4 is 15.9 Å². The van der Waals surface area contributed by atoms with Crippen LogP contribution in [-0.2, 0) is 4.79 Å². The van der Waals surface area contributed by atoms with Crippen LogP contribution in [-0.4, -0.2) is 12.4 Å². The van der Waals surface area contributed by atoms with Gasteiger partial charge in [-0.2, -0.15) is 0 Å². The van der Waals surface area contributed by atoms with Gasteiger partial charge < -0.3 is 0 Å². The Morgan fingerprint density at radius 1 is 0.720 bits per heavy atom. The number of carbonyl (C=O) groups excluding carboxylic acids is 1. The summed E-state index contributed by atoms with van der Waals surface area (Å²) in [7, 11) is -2.24. The molecule has 0 aliphatic heterocycles. The predicted octanol–water partition coefficient (Wildman–Crippen LogP) is 3.86. The first-order chi connectivity index (χ1) is 12.3. The second-order valence-corrected chi connectivity index (χ2v) is 10.2. The molecular weight excluding hydrogens is 323 g/mol. The molecule has 2 heteroatoms. The van der Waals surface area contributed by atoms with Gasteiger partial charge in [-0.3, -0.25) is 0 Å². The van der Waals surface area contributed by atoms with Gasteiger partial charge in [-0.15, -0.1) is 0 Å². The summed E-state index contributed by atoms with van der Waals surface area (Å²) in [5, 5.41) is 4.09. The van der Waals surface area contributed by atoms with Crippen molar-refractivity contribution in [3.05, 3.63) is 103 Å². The summed E-state index contributed by atoms with van der Waals surface area (Å²) >= 11 is 0. The van der Waals surface area contributed by atoms with Gasteiger partial charge in [-0.25, -0.2) is 0 Å². The number of rotatable bonds is 6. The molecule has 3 aromatic carbocycles. The normalized spacial score (nSPS) is 12.6. The van der Waals surface area contributed by atoms with E-state index in [4.69, 9.17) is 0 Å². The van der Waals surface area contributed by atoms with Crippen molar-refractivity contribution >= 4 is 29.5 Å². The second-order valence-electron chi connectivity index (χ2n) is 6.27. The zero-order chi connectivity index (χ0) is 17.5. The Kier molecular flexibility index (Phi) is 5.58. The fraction of sp³-hybridized carbons (Fsp3) is 0.0870. The van der Waals surface area contributed by atoms with Crippen molar-refractivity contribution in [3.8, 4) is 0 Å². The van der Waals surface area contributed by atoms with Crippen LogP contribution in [0.3, 0.4) is 0 Å². The van der Waals surface area contributed by atoms with Gasteiger partial charge in [0.15, 0.2) is 0 Å². The van der Waals surface area contributed by atoms with Gasteiger partial charge in [-0.1, -0.05) is 0 Å². The van der Waals surface area contributed by atoms with E-state index in [0.29, 0.717) is 0 Å². The zero-order valence-electron chi connectivity index (χ0n) is 14.4. The number of hydrogen-bond acceptors (Lipinski definition) is 1. The molecule has 0 saturated carbocycles. The molecular formula is C23H23OP. The topological polar surface area (TPSA) is 17.1 Å². The monoisotopic (exact) mass is 346 g/mol. The molecule has 0 radical (unpaired) electrons. The van der Waals surface area contributed by atoms with Crippen molar-refractivity contribution in [2.75, 3.05) is 6.16 Å². The molecule has 3 aromatic rings. The van der Waals surface area contributed by atoms with Gasteiger partial charge in [0.25, 0.3) is 0 Å². The van der Waals surface area contributed by atoms with E-state index in [0.717, 1.165) is 18.0 Å². The van der Waals surface area contributed by atoms with E-state index in [9.17, 15) is 4.79 Å². The molecule has 0 aromatic heterocycles. The van der Waals surface area contributed by atoms with Crippen molar-refractivity contribution in [3.63, 3.8) is 0 Å². The van der Waals surface area contributed by atoms with Crippen LogP contribution in [0.4, 0.5) is 0 Å². The van der Waals surface area contributed by atoms with Crippen LogP contribution >= 0.6 is 7.26 Å². The molecule has 0 N–H and O–H groups in total. The number of hydrogen-bond donors (Lipinski definition) is 0. The average molecular weight is 346 g/mol. The number of allylic oxidation sites excluding steroid dienone is 2. The van der Waals surface area contributed by atoms with E-state index in [1.165, 1.54) is 15.9 Å². The maximum absolute atomic E-state index is 11.2. The van der Waals surface area contributed by atoms with Crippen molar-refractivity contribution < 1.29 is 4.79 Å². The van der Waals surface area contributed by atoms with Crippen molar-refractivity contribution in [1.29, 1.82) is 0 Å². The summed E-state index contributed by atoms with van der Waals surface area (Å²) in [5.41, 5.74) is 0.791. The van der Waals surface area contributed by atoms with E-state index in [2.05, 4.69) is 97.1 Å². The molecule has 126 valence electrons. The molecule has 25 heavy (non-hydrogen) atoms. The van der Waals surface area contributed by atoms with E-state index in [-0.39, 0.29) is 0 Å². The molecule has 0 amide bonds. The molecule has 0 spiro atoms. The van der Waals surface area contributed by atoms with Gasteiger partial charge in [0.05, 0.1) is 0 Å². The van der Waals surface area contributed by atoms with Gasteiger partial charge >= 0.3 is 150 Å². The third-order valence-corrected chi connectivity index (χ3v) is 9.49. The van der Waals surface area contributed by atoms with E-state index >= 15 is 0 Å². The van der Waals surface area contributed by atoms with Gasteiger partial charge in [0.1, 0.15) is 0 Å². The molecule has 0 unspecified atom stereocenters. The number of benzene rings is 3. The summed E-state index contributed by atoms with van der Waals surface area (Å²) in [6.07, 6.45) is 3.92. The Morgan fingerprint density at radius 2 is 1.08 bits per heavy atom. The summed E-state index contributed by atoms with van der Waals surface area (Å²) in [5.74, 6) is 0. The molecule has 0 aliphatic carbocycles. The number of aldehydes is 1. The molecule has 0 atom stereocenters. The maximum atomic E-state index is 11.2. The first-order valence-corrected chi connectivity index (χ1v) is 10.8. The Morgan fingerprint density at radius 3 is 1.40 bits per heavy atom. The Labute approximate surface area is 150 Å². The molecule has 0 bridgehead atoms. The molecule has 0 saturated heterocycles. The minimum atomic E-state index is -2.24. The molecule has 0 aliphatic rings. The van der Waals surface area contributed by atoms with Crippen LogP contribution in [0.25, 0.3) is 0 Å². The SMILES string of the molecule is C/C(C=O)=C\C[PH](c1ccccc1)(c1ccccc1)c1ccccc1. The summed E-state index contributed by atoms with van der Waals surface area (Å²) in [4.78, 5) is 11.2. The summed E-state index contributed by atoms with van der Waals surface area (Å²) in [6.45, 7) is 1.88. The predicted molar refractivity (Wildman–Crippen MR) is 111 cm³/mol. The summed E-state index contributed by atoms with van der Waals surface area (Å²) < 4.78 is 0. The molecule has 1 nitrogen and oxygen atoms in total. The van der Waals surface area contributed by atoms with Crippen LogP contribution in [0.15, 0.2) is 103 Å². The Bertz CT molecular complexity index is 742. The van der Waals surface area contributed by atoms with Crippen LogP contribution in [0.1, 0.15) is 6.92 Å². The molecule has 0 fully saturated rings. The van der Waals surface area contributed by atoms with Crippen LogP contribution in [0.2, 0.25) is 0 Å². The third-order valence-electron chi connectivity index (χ3n) is 4.72. The number of carbonyl (C=O) groups is 1. The standard InChI is InChI=1S/C23H23OP/c1-20(19-24)17-18-25(21-11-5-2-6-12-21,22-13-7-3-8-14-22)23-15-9-4-10-16-23/h2-17,19,25H,18H2,1H3/b20-17+. The molecule has 0 heterocycles. The van der Waals surface area contributed by atoms with Gasteiger partial charge in [-0.05, 0) is 0 Å². The van der Waals surface area contributed by atoms with Crippen LogP contribution in [0, 0.1) is 0 Å². The van der Waals surface area contributed by atoms with Gasteiger partial charge in [0, 0.05) is 0 Å². The zero-order valence-corrected chi connectivity index (χ0v) is 15.4. The fourth-order valence-electron chi connectivity index (χ4n) is 3.38. The summed E-state index contributed by atoms with van der Waals surface area (Å²) in [6, 6.07) is 32.2. The van der Waals surface area contributed by atoms with E-state index < -0.39 is 7.26 Å². The average Bonchev–Trinajstić information content (AvgIpc) is 2.71. The quantitative estimate of drug-likeness (QED) is 0.376. The van der Waals surface area contributed by atoms with Gasteiger partial charge in [0.2, 0.25) is 0 Å².